The minimum Gasteiger partial charge on any atom is -0.450 e. The van der Waals surface area contributed by atoms with Gasteiger partial charge in [0.05, 0.1) is 6.61 Å². The summed E-state index contributed by atoms with van der Waals surface area (Å²) in [6.45, 7) is 4.01. The summed E-state index contributed by atoms with van der Waals surface area (Å²) in [5.41, 5.74) is 0.544. The summed E-state index contributed by atoms with van der Waals surface area (Å²) in [4.78, 5) is 31.9. The van der Waals surface area contributed by atoms with Crippen molar-refractivity contribution < 1.29 is 19.1 Å². The highest BCUT2D eigenvalue weighted by molar-refractivity contribution is 5.94. The lowest BCUT2D eigenvalue weighted by atomic mass is 10.1. The first-order valence-corrected chi connectivity index (χ1v) is 8.57. The van der Waals surface area contributed by atoms with Crippen LogP contribution in [0.25, 0.3) is 0 Å². The number of hydrogen-bond acceptors (Lipinski definition) is 5. The number of amides is 2. The van der Waals surface area contributed by atoms with Crippen LogP contribution in [0.1, 0.15) is 17.3 Å². The molecule has 7 nitrogen and oxygen atoms in total. The third kappa shape index (κ3) is 4.30. The van der Waals surface area contributed by atoms with Gasteiger partial charge in [-0.2, -0.15) is 0 Å². The minimum absolute atomic E-state index is 0.0834. The Bertz CT molecular complexity index is 758. The molecule has 1 fully saturated rings. The summed E-state index contributed by atoms with van der Waals surface area (Å²) >= 11 is 0. The second-order valence-electron chi connectivity index (χ2n) is 5.78. The van der Waals surface area contributed by atoms with E-state index in [1.165, 1.54) is 0 Å². The molecule has 1 aromatic carbocycles. The molecule has 1 saturated heterocycles. The molecular formula is C19H21N3O4. The molecule has 0 bridgehead atoms. The maximum Gasteiger partial charge on any atom is 0.409 e. The van der Waals surface area contributed by atoms with Gasteiger partial charge in [0.15, 0.2) is 0 Å². The Hall–Kier alpha value is -3.09. The van der Waals surface area contributed by atoms with Crippen molar-refractivity contribution in [1.29, 1.82) is 0 Å². The van der Waals surface area contributed by atoms with Gasteiger partial charge in [0, 0.05) is 44.0 Å². The Kier molecular flexibility index (Phi) is 5.68. The third-order valence-electron chi connectivity index (χ3n) is 4.03. The molecule has 0 radical (unpaired) electrons. The van der Waals surface area contributed by atoms with Crippen LogP contribution in [-0.4, -0.2) is 59.6 Å². The first-order valence-electron chi connectivity index (χ1n) is 8.57. The number of rotatable bonds is 4. The molecular weight excluding hydrogens is 334 g/mol. The van der Waals surface area contributed by atoms with Crippen LogP contribution in [0.3, 0.4) is 0 Å². The Balaban J connectivity index is 1.62. The largest absolute Gasteiger partial charge is 0.450 e. The van der Waals surface area contributed by atoms with Gasteiger partial charge in [0.2, 0.25) is 5.88 Å². The number of hydrogen-bond donors (Lipinski definition) is 0. The van der Waals surface area contributed by atoms with Crippen molar-refractivity contribution in [1.82, 2.24) is 14.8 Å². The molecule has 1 aliphatic heterocycles. The summed E-state index contributed by atoms with van der Waals surface area (Å²) in [6.07, 6.45) is 1.32. The molecule has 0 saturated carbocycles. The van der Waals surface area contributed by atoms with Gasteiger partial charge in [-0.05, 0) is 31.2 Å². The zero-order valence-corrected chi connectivity index (χ0v) is 14.6. The van der Waals surface area contributed by atoms with Crippen LogP contribution in [-0.2, 0) is 4.74 Å². The quantitative estimate of drug-likeness (QED) is 0.843. The molecule has 0 atom stereocenters. The smallest absolute Gasteiger partial charge is 0.409 e. The van der Waals surface area contributed by atoms with Gasteiger partial charge in [-0.25, -0.2) is 9.78 Å². The van der Waals surface area contributed by atoms with E-state index in [2.05, 4.69) is 4.98 Å². The van der Waals surface area contributed by atoms with Crippen molar-refractivity contribution in [3.63, 3.8) is 0 Å². The van der Waals surface area contributed by atoms with Gasteiger partial charge < -0.3 is 19.3 Å². The lowest BCUT2D eigenvalue weighted by molar-refractivity contribution is 0.0570. The molecule has 0 unspecified atom stereocenters. The van der Waals surface area contributed by atoms with E-state index >= 15 is 0 Å². The van der Waals surface area contributed by atoms with E-state index in [0.29, 0.717) is 50.0 Å². The summed E-state index contributed by atoms with van der Waals surface area (Å²) in [7, 11) is 0. The van der Waals surface area contributed by atoms with E-state index in [1.807, 2.05) is 12.1 Å². The number of carbonyl (C=O) groups excluding carboxylic acids is 2. The molecule has 26 heavy (non-hydrogen) atoms. The van der Waals surface area contributed by atoms with Crippen molar-refractivity contribution in [2.24, 2.45) is 0 Å². The van der Waals surface area contributed by atoms with Crippen LogP contribution in [0.4, 0.5) is 4.79 Å². The lowest BCUT2D eigenvalue weighted by Crippen LogP contribution is -2.50. The molecule has 2 heterocycles. The Morgan fingerprint density at radius 2 is 1.81 bits per heavy atom. The number of nitrogens with zero attached hydrogens (tertiary/aromatic N) is 3. The fourth-order valence-electron chi connectivity index (χ4n) is 2.71. The summed E-state index contributed by atoms with van der Waals surface area (Å²) in [6, 6.07) is 12.4. The van der Waals surface area contributed by atoms with E-state index < -0.39 is 0 Å². The second kappa shape index (κ2) is 8.33. The predicted molar refractivity (Wildman–Crippen MR) is 95.3 cm³/mol. The minimum atomic E-state index is -0.328. The predicted octanol–water partition coefficient (Wildman–Crippen LogP) is 2.79. The van der Waals surface area contributed by atoms with E-state index in [9.17, 15) is 9.59 Å². The molecule has 7 heteroatoms. The van der Waals surface area contributed by atoms with Crippen LogP contribution in [0, 0.1) is 0 Å². The number of carbonyl (C=O) groups is 2. The molecule has 3 rings (SSSR count). The zero-order valence-electron chi connectivity index (χ0n) is 14.6. The maximum atomic E-state index is 12.7. The van der Waals surface area contributed by atoms with E-state index in [-0.39, 0.29) is 12.0 Å². The van der Waals surface area contributed by atoms with E-state index in [4.69, 9.17) is 9.47 Å². The zero-order chi connectivity index (χ0) is 18.4. The van der Waals surface area contributed by atoms with Crippen LogP contribution < -0.4 is 4.74 Å². The number of ether oxygens (including phenoxy) is 2. The molecule has 2 aromatic rings. The average Bonchev–Trinajstić information content (AvgIpc) is 2.69. The van der Waals surface area contributed by atoms with Crippen LogP contribution >= 0.6 is 0 Å². The normalized spacial score (nSPS) is 14.0. The molecule has 1 aromatic heterocycles. The standard InChI is InChI=1S/C19H21N3O4/c1-2-25-19(24)22-12-10-21(11-13-22)18(23)15-6-5-7-16(14-15)26-17-8-3-4-9-20-17/h3-9,14H,2,10-13H2,1H3. The molecule has 1 aliphatic rings. The highest BCUT2D eigenvalue weighted by Gasteiger charge is 2.25. The average molecular weight is 355 g/mol. The number of piperazine rings is 1. The number of pyridine rings is 1. The van der Waals surface area contributed by atoms with Crippen LogP contribution in [0.15, 0.2) is 48.7 Å². The van der Waals surface area contributed by atoms with Crippen molar-refractivity contribution in [3.05, 3.63) is 54.2 Å². The Labute approximate surface area is 152 Å². The van der Waals surface area contributed by atoms with Crippen molar-refractivity contribution >= 4 is 12.0 Å². The first-order chi connectivity index (χ1) is 12.7. The summed E-state index contributed by atoms with van der Waals surface area (Å²) in [5.74, 6) is 0.944. The van der Waals surface area contributed by atoms with Gasteiger partial charge in [-0.1, -0.05) is 12.1 Å². The molecule has 0 aliphatic carbocycles. The topological polar surface area (TPSA) is 72.0 Å². The molecule has 0 N–H and O–H groups in total. The van der Waals surface area contributed by atoms with Gasteiger partial charge in [-0.15, -0.1) is 0 Å². The Morgan fingerprint density at radius 1 is 1.04 bits per heavy atom. The van der Waals surface area contributed by atoms with Gasteiger partial charge in [0.1, 0.15) is 5.75 Å². The molecule has 2 amide bonds. The SMILES string of the molecule is CCOC(=O)N1CCN(C(=O)c2cccc(Oc3ccccn3)c2)CC1. The molecule has 136 valence electrons. The van der Waals surface area contributed by atoms with Crippen molar-refractivity contribution in [2.75, 3.05) is 32.8 Å². The van der Waals surface area contributed by atoms with Gasteiger partial charge in [-0.3, -0.25) is 4.79 Å². The van der Waals surface area contributed by atoms with E-state index in [0.717, 1.165) is 0 Å². The monoisotopic (exact) mass is 355 g/mol. The maximum absolute atomic E-state index is 12.7. The second-order valence-corrected chi connectivity index (χ2v) is 5.78. The van der Waals surface area contributed by atoms with Gasteiger partial charge >= 0.3 is 6.09 Å². The van der Waals surface area contributed by atoms with Crippen molar-refractivity contribution in [2.45, 2.75) is 6.92 Å². The Morgan fingerprint density at radius 3 is 2.50 bits per heavy atom. The first kappa shape index (κ1) is 17.7. The fourth-order valence-corrected chi connectivity index (χ4v) is 2.71. The van der Waals surface area contributed by atoms with Crippen LogP contribution in [0.5, 0.6) is 11.6 Å². The highest BCUT2D eigenvalue weighted by Crippen LogP contribution is 2.21. The number of benzene rings is 1. The van der Waals surface area contributed by atoms with Gasteiger partial charge in [0.25, 0.3) is 5.91 Å². The third-order valence-corrected chi connectivity index (χ3v) is 4.03. The van der Waals surface area contributed by atoms with Crippen molar-refractivity contribution in [3.8, 4) is 11.6 Å². The summed E-state index contributed by atoms with van der Waals surface area (Å²) in [5, 5.41) is 0. The van der Waals surface area contributed by atoms with E-state index in [1.54, 1.807) is 53.3 Å². The lowest BCUT2D eigenvalue weighted by Gasteiger charge is -2.34. The number of aromatic nitrogens is 1. The van der Waals surface area contributed by atoms with Crippen LogP contribution in [0.2, 0.25) is 0 Å². The highest BCUT2D eigenvalue weighted by atomic mass is 16.6. The fraction of sp³-hybridized carbons (Fsp3) is 0.316. The summed E-state index contributed by atoms with van der Waals surface area (Å²) < 4.78 is 10.7. The molecule has 0 spiro atoms.